The molecule has 0 saturated carbocycles. The Kier molecular flexibility index (Phi) is 7.32. The summed E-state index contributed by atoms with van der Waals surface area (Å²) in [7, 11) is -3.81. The number of hydrogen-bond acceptors (Lipinski definition) is 5. The first-order valence-electron chi connectivity index (χ1n) is 10.2. The summed E-state index contributed by atoms with van der Waals surface area (Å²) >= 11 is 0. The van der Waals surface area contributed by atoms with Gasteiger partial charge in [0.15, 0.2) is 6.61 Å². The van der Waals surface area contributed by atoms with Crippen LogP contribution in [0.3, 0.4) is 0 Å². The van der Waals surface area contributed by atoms with Gasteiger partial charge in [-0.1, -0.05) is 13.8 Å². The van der Waals surface area contributed by atoms with Gasteiger partial charge in [0.05, 0.1) is 10.5 Å². The van der Waals surface area contributed by atoms with E-state index in [1.54, 1.807) is 13.8 Å². The normalized spacial score (nSPS) is 12.2. The summed E-state index contributed by atoms with van der Waals surface area (Å²) in [5.74, 6) is -0.736. The van der Waals surface area contributed by atoms with Crippen LogP contribution in [0.5, 0.6) is 5.75 Å². The van der Waals surface area contributed by atoms with Gasteiger partial charge in [0.1, 0.15) is 5.75 Å². The van der Waals surface area contributed by atoms with E-state index in [0.717, 1.165) is 6.07 Å². The highest BCUT2D eigenvalue weighted by molar-refractivity contribution is 7.89. The number of aromatic nitrogens is 1. The number of fused-ring (bicyclic) bond motifs is 1. The van der Waals surface area contributed by atoms with E-state index in [1.165, 1.54) is 46.8 Å². The lowest BCUT2D eigenvalue weighted by Gasteiger charge is -2.19. The van der Waals surface area contributed by atoms with Crippen molar-refractivity contribution in [1.29, 1.82) is 0 Å². The maximum Gasteiger partial charge on any atom is 0.422 e. The lowest BCUT2D eigenvalue weighted by Crippen LogP contribution is -2.30. The lowest BCUT2D eigenvalue weighted by molar-refractivity contribution is -0.153. The molecule has 2 N–H and O–H groups in total. The summed E-state index contributed by atoms with van der Waals surface area (Å²) < 4.78 is 68.5. The number of aromatic amines is 1. The number of nitrogens with zero attached hydrogens (tertiary/aromatic N) is 1. The zero-order valence-corrected chi connectivity index (χ0v) is 19.1. The number of benzene rings is 2. The predicted molar refractivity (Wildman–Crippen MR) is 121 cm³/mol. The van der Waals surface area contributed by atoms with Crippen LogP contribution in [0.25, 0.3) is 10.9 Å². The maximum absolute atomic E-state index is 12.9. The molecule has 0 unspecified atom stereocenters. The molecule has 2 aromatic carbocycles. The highest BCUT2D eigenvalue weighted by Crippen LogP contribution is 2.24. The van der Waals surface area contributed by atoms with Crippen molar-refractivity contribution in [3.05, 3.63) is 64.4 Å². The van der Waals surface area contributed by atoms with Crippen molar-refractivity contribution in [1.82, 2.24) is 9.29 Å². The van der Waals surface area contributed by atoms with Crippen molar-refractivity contribution >= 4 is 32.5 Å². The van der Waals surface area contributed by atoms with Crippen LogP contribution in [-0.4, -0.2) is 49.5 Å². The summed E-state index contributed by atoms with van der Waals surface area (Å²) in [5.41, 5.74) is -0.114. The Morgan fingerprint density at radius 3 is 2.29 bits per heavy atom. The SMILES string of the molecule is CCN(CC)S(=O)(=O)c1ccc2[nH]c(=O)cc(C(=O)Nc3ccc(OCC(F)(F)F)cc3)c2c1. The van der Waals surface area contributed by atoms with E-state index in [4.69, 9.17) is 0 Å². The fourth-order valence-corrected chi connectivity index (χ4v) is 4.78. The molecule has 0 saturated heterocycles. The topological polar surface area (TPSA) is 109 Å². The molecule has 0 bridgehead atoms. The second-order valence-corrected chi connectivity index (χ2v) is 9.16. The highest BCUT2D eigenvalue weighted by Gasteiger charge is 2.28. The van der Waals surface area contributed by atoms with Crippen molar-refractivity contribution < 1.29 is 31.1 Å². The Balaban J connectivity index is 1.92. The summed E-state index contributed by atoms with van der Waals surface area (Å²) in [6, 6.07) is 10.3. The lowest BCUT2D eigenvalue weighted by atomic mass is 10.1. The first kappa shape index (κ1) is 25.2. The number of nitrogens with one attached hydrogen (secondary N) is 2. The Labute approximate surface area is 193 Å². The minimum Gasteiger partial charge on any atom is -0.484 e. The summed E-state index contributed by atoms with van der Waals surface area (Å²) in [6.45, 7) is 2.49. The molecule has 1 aromatic heterocycles. The van der Waals surface area contributed by atoms with Crippen LogP contribution >= 0.6 is 0 Å². The second kappa shape index (κ2) is 9.85. The van der Waals surface area contributed by atoms with Crippen LogP contribution in [0.4, 0.5) is 18.9 Å². The molecule has 3 rings (SSSR count). The largest absolute Gasteiger partial charge is 0.484 e. The van der Waals surface area contributed by atoms with Gasteiger partial charge in [-0.2, -0.15) is 17.5 Å². The number of alkyl halides is 3. The molecule has 34 heavy (non-hydrogen) atoms. The number of sulfonamides is 1. The van der Waals surface area contributed by atoms with Crippen molar-refractivity contribution in [2.45, 2.75) is 24.9 Å². The number of carbonyl (C=O) groups is 1. The molecule has 0 aliphatic carbocycles. The smallest absolute Gasteiger partial charge is 0.422 e. The van der Waals surface area contributed by atoms with E-state index in [2.05, 4.69) is 15.0 Å². The Hall–Kier alpha value is -3.38. The average Bonchev–Trinajstić information content (AvgIpc) is 2.77. The number of pyridine rings is 1. The number of hydrogen-bond donors (Lipinski definition) is 2. The van der Waals surface area contributed by atoms with Crippen molar-refractivity contribution in [2.24, 2.45) is 0 Å². The molecule has 3 aromatic rings. The summed E-state index contributed by atoms with van der Waals surface area (Å²) in [4.78, 5) is 27.5. The molecule has 1 amide bonds. The molecule has 1 heterocycles. The first-order valence-corrected chi connectivity index (χ1v) is 11.7. The zero-order valence-electron chi connectivity index (χ0n) is 18.3. The number of rotatable bonds is 8. The Bertz CT molecular complexity index is 1350. The van der Waals surface area contributed by atoms with E-state index in [1.807, 2.05) is 0 Å². The van der Waals surface area contributed by atoms with E-state index >= 15 is 0 Å². The maximum atomic E-state index is 12.9. The molecule has 0 radical (unpaired) electrons. The highest BCUT2D eigenvalue weighted by atomic mass is 32.2. The summed E-state index contributed by atoms with van der Waals surface area (Å²) in [5, 5.41) is 2.77. The van der Waals surface area contributed by atoms with E-state index < -0.39 is 34.3 Å². The molecule has 0 spiro atoms. The molecular weight excluding hydrogens is 475 g/mol. The minimum absolute atomic E-state index is 0.0315. The monoisotopic (exact) mass is 497 g/mol. The third-order valence-corrected chi connectivity index (χ3v) is 6.96. The molecule has 0 aliphatic heterocycles. The van der Waals surface area contributed by atoms with Crippen molar-refractivity contribution in [3.63, 3.8) is 0 Å². The average molecular weight is 497 g/mol. The Morgan fingerprint density at radius 2 is 1.71 bits per heavy atom. The quantitative estimate of drug-likeness (QED) is 0.493. The second-order valence-electron chi connectivity index (χ2n) is 7.23. The van der Waals surface area contributed by atoms with Crippen LogP contribution in [-0.2, 0) is 10.0 Å². The standard InChI is InChI=1S/C22H22F3N3O5S/c1-3-28(4-2)34(31,32)16-9-10-19-17(11-16)18(12-20(29)27-19)21(30)26-14-5-7-15(8-6-14)33-13-22(23,24)25/h5-12H,3-4,13H2,1-2H3,(H,26,30)(H,27,29). The fraction of sp³-hybridized carbons (Fsp3) is 0.273. The summed E-state index contributed by atoms with van der Waals surface area (Å²) in [6.07, 6.45) is -4.48. The van der Waals surface area contributed by atoms with Gasteiger partial charge in [0, 0.05) is 35.7 Å². The molecule has 0 atom stereocenters. The number of amides is 1. The van der Waals surface area contributed by atoms with Gasteiger partial charge < -0.3 is 15.0 Å². The van der Waals surface area contributed by atoms with Crippen molar-refractivity contribution in [2.75, 3.05) is 25.0 Å². The van der Waals surface area contributed by atoms with Gasteiger partial charge >= 0.3 is 6.18 Å². The molecule has 8 nitrogen and oxygen atoms in total. The van der Waals surface area contributed by atoms with E-state index in [0.29, 0.717) is 0 Å². The zero-order chi connectivity index (χ0) is 25.1. The third-order valence-electron chi connectivity index (χ3n) is 4.92. The van der Waals surface area contributed by atoms with Gasteiger partial charge in [-0.25, -0.2) is 8.42 Å². The molecular formula is C22H22F3N3O5S. The number of halogens is 3. The van der Waals surface area contributed by atoms with Crippen LogP contribution in [0, 0.1) is 0 Å². The Morgan fingerprint density at radius 1 is 1.06 bits per heavy atom. The fourth-order valence-electron chi connectivity index (χ4n) is 3.29. The molecule has 0 fully saturated rings. The molecule has 12 heteroatoms. The first-order chi connectivity index (χ1) is 15.9. The minimum atomic E-state index is -4.48. The molecule has 182 valence electrons. The van der Waals surface area contributed by atoms with E-state index in [-0.39, 0.29) is 45.9 Å². The van der Waals surface area contributed by atoms with Crippen LogP contribution < -0.4 is 15.6 Å². The van der Waals surface area contributed by atoms with Gasteiger partial charge in [0.25, 0.3) is 5.91 Å². The number of H-pyrrole nitrogens is 1. The van der Waals surface area contributed by atoms with Crippen LogP contribution in [0.15, 0.2) is 58.2 Å². The van der Waals surface area contributed by atoms with Crippen LogP contribution in [0.1, 0.15) is 24.2 Å². The van der Waals surface area contributed by atoms with Gasteiger partial charge in [-0.15, -0.1) is 0 Å². The third kappa shape index (κ3) is 5.75. The molecule has 0 aliphatic rings. The number of ether oxygens (including phenoxy) is 1. The predicted octanol–water partition coefficient (Wildman–Crippen LogP) is 3.75. The number of anilines is 1. The number of carbonyl (C=O) groups excluding carboxylic acids is 1. The van der Waals surface area contributed by atoms with Gasteiger partial charge in [0.2, 0.25) is 15.6 Å². The van der Waals surface area contributed by atoms with Crippen LogP contribution in [0.2, 0.25) is 0 Å². The van der Waals surface area contributed by atoms with Gasteiger partial charge in [-0.3, -0.25) is 9.59 Å². The van der Waals surface area contributed by atoms with Gasteiger partial charge in [-0.05, 0) is 42.5 Å². The van der Waals surface area contributed by atoms with Crippen molar-refractivity contribution in [3.8, 4) is 5.75 Å². The van der Waals surface area contributed by atoms with E-state index in [9.17, 15) is 31.2 Å².